The molecule has 2 heterocycles. The molecule has 0 unspecified atom stereocenters. The van der Waals surface area contributed by atoms with Gasteiger partial charge >= 0.3 is 12.4 Å². The molecule has 0 aliphatic carbocycles. The minimum absolute atomic E-state index is 0.0484. The smallest absolute Gasteiger partial charge is 0.308 e. The molecule has 0 fully saturated rings. The summed E-state index contributed by atoms with van der Waals surface area (Å²) in [5.74, 6) is 0.988. The molecule has 306 valence electrons. The van der Waals surface area contributed by atoms with Gasteiger partial charge in [-0.3, -0.25) is 0 Å². The fourth-order valence-corrected chi connectivity index (χ4v) is 8.11. The molecule has 2 aromatic heterocycles. The van der Waals surface area contributed by atoms with E-state index < -0.39 is 29.0 Å². The minimum Gasteiger partial charge on any atom is -0.308 e. The highest BCUT2D eigenvalue weighted by atomic mass is 19.4. The van der Waals surface area contributed by atoms with Crippen molar-refractivity contribution in [1.29, 1.82) is 0 Å². The number of rotatable bonds is 7. The number of hydrogen-bond acceptors (Lipinski definition) is 3. The van der Waals surface area contributed by atoms with Crippen molar-refractivity contribution in [2.45, 2.75) is 12.4 Å². The van der Waals surface area contributed by atoms with Gasteiger partial charge in [0.05, 0.1) is 27.8 Å². The number of benzene rings is 8. The third-order valence-electron chi connectivity index (χ3n) is 11.1. The van der Waals surface area contributed by atoms with Gasteiger partial charge in [-0.2, -0.15) is 26.3 Å². The van der Waals surface area contributed by atoms with E-state index in [9.17, 15) is 26.3 Å². The predicted molar refractivity (Wildman–Crippen MR) is 237 cm³/mol. The Kier molecular flexibility index (Phi) is 9.71. The molecule has 0 amide bonds. The summed E-state index contributed by atoms with van der Waals surface area (Å²) in [5.41, 5.74) is 4.51. The quantitative estimate of drug-likeness (QED) is 0.150. The lowest BCUT2D eigenvalue weighted by molar-refractivity contribution is -0.142. The summed E-state index contributed by atoms with van der Waals surface area (Å²) >= 11 is 0. The molecule has 0 atom stereocenters. The molecule has 63 heavy (non-hydrogen) atoms. The van der Waals surface area contributed by atoms with Gasteiger partial charge in [-0.05, 0) is 81.9 Å². The van der Waals surface area contributed by atoms with Crippen molar-refractivity contribution in [2.24, 2.45) is 0 Å². The van der Waals surface area contributed by atoms with Crippen molar-refractivity contribution in [3.05, 3.63) is 205 Å². The van der Waals surface area contributed by atoms with Crippen LogP contribution in [0, 0.1) is 0 Å². The van der Waals surface area contributed by atoms with E-state index in [0.29, 0.717) is 29.0 Å². The van der Waals surface area contributed by atoms with Crippen LogP contribution in [0.2, 0.25) is 0 Å². The number of fused-ring (bicyclic) bond motifs is 3. The van der Waals surface area contributed by atoms with Gasteiger partial charge in [-0.15, -0.1) is 0 Å². The zero-order valence-electron chi connectivity index (χ0n) is 33.0. The fourth-order valence-electron chi connectivity index (χ4n) is 8.11. The van der Waals surface area contributed by atoms with Gasteiger partial charge in [0.15, 0.2) is 17.5 Å². The van der Waals surface area contributed by atoms with Crippen molar-refractivity contribution < 1.29 is 26.3 Å². The molecule has 10 aromatic rings. The van der Waals surface area contributed by atoms with Crippen molar-refractivity contribution in [2.75, 3.05) is 0 Å². The van der Waals surface area contributed by atoms with E-state index in [0.717, 1.165) is 61.3 Å². The van der Waals surface area contributed by atoms with Gasteiger partial charge in [-0.1, -0.05) is 146 Å². The zero-order chi connectivity index (χ0) is 43.3. The molecule has 0 aliphatic rings. The largest absolute Gasteiger partial charge is 0.417 e. The topological polar surface area (TPSA) is 43.6 Å². The third-order valence-corrected chi connectivity index (χ3v) is 11.1. The first-order chi connectivity index (χ1) is 30.5. The van der Waals surface area contributed by atoms with Crippen LogP contribution in [0.1, 0.15) is 11.1 Å². The molecular formula is C53H32F6N4. The number of nitrogens with zero attached hydrogens (tertiary/aromatic N) is 4. The average molecular weight is 839 g/mol. The lowest BCUT2D eigenvalue weighted by Gasteiger charge is -2.19. The zero-order valence-corrected chi connectivity index (χ0v) is 33.0. The molecular weight excluding hydrogens is 807 g/mol. The second-order valence-electron chi connectivity index (χ2n) is 15.1. The van der Waals surface area contributed by atoms with Gasteiger partial charge in [-0.25, -0.2) is 15.0 Å². The molecule has 10 heteroatoms. The Labute approximate surface area is 357 Å². The van der Waals surface area contributed by atoms with E-state index in [4.69, 9.17) is 15.0 Å². The molecule has 0 N–H and O–H groups in total. The second-order valence-corrected chi connectivity index (χ2v) is 15.1. The lowest BCUT2D eigenvalue weighted by Crippen LogP contribution is -2.12. The Morgan fingerprint density at radius 2 is 0.762 bits per heavy atom. The minimum atomic E-state index is -5.10. The van der Waals surface area contributed by atoms with E-state index in [1.54, 1.807) is 12.1 Å². The molecule has 4 nitrogen and oxygen atoms in total. The van der Waals surface area contributed by atoms with Crippen molar-refractivity contribution >= 4 is 21.8 Å². The molecule has 0 saturated heterocycles. The summed E-state index contributed by atoms with van der Waals surface area (Å²) in [7, 11) is 0. The van der Waals surface area contributed by atoms with E-state index in [1.807, 2.05) is 150 Å². The molecule has 0 bridgehead atoms. The van der Waals surface area contributed by atoms with E-state index in [-0.39, 0.29) is 17.5 Å². The van der Waals surface area contributed by atoms with Crippen LogP contribution in [0.5, 0.6) is 0 Å². The van der Waals surface area contributed by atoms with E-state index in [1.165, 1.54) is 6.07 Å². The van der Waals surface area contributed by atoms with E-state index >= 15 is 0 Å². The summed E-state index contributed by atoms with van der Waals surface area (Å²) in [4.78, 5) is 14.8. The third kappa shape index (κ3) is 7.50. The summed E-state index contributed by atoms with van der Waals surface area (Å²) in [6.45, 7) is 0. The first-order valence-corrected chi connectivity index (χ1v) is 20.0. The Bertz CT molecular complexity index is 3140. The van der Waals surface area contributed by atoms with Crippen LogP contribution in [0.3, 0.4) is 0 Å². The van der Waals surface area contributed by atoms with Crippen LogP contribution in [0.25, 0.3) is 95.0 Å². The molecule has 0 aliphatic heterocycles. The predicted octanol–water partition coefficient (Wildman–Crippen LogP) is 15.0. The molecule has 0 spiro atoms. The number of halogens is 6. The summed E-state index contributed by atoms with van der Waals surface area (Å²) in [5, 5.41) is 1.74. The lowest BCUT2D eigenvalue weighted by atomic mass is 9.95. The Hall–Kier alpha value is -7.85. The highest BCUT2D eigenvalue weighted by Crippen LogP contribution is 2.44. The molecule has 8 aromatic carbocycles. The van der Waals surface area contributed by atoms with Crippen molar-refractivity contribution in [3.63, 3.8) is 0 Å². The van der Waals surface area contributed by atoms with Gasteiger partial charge in [0.2, 0.25) is 0 Å². The van der Waals surface area contributed by atoms with Crippen LogP contribution in [0.4, 0.5) is 26.3 Å². The monoisotopic (exact) mass is 838 g/mol. The van der Waals surface area contributed by atoms with Gasteiger partial charge in [0.1, 0.15) is 0 Å². The SMILES string of the molecule is FC(F)(F)c1ccc(-c2ccc(-c3nc(-c4ccccc4)nc(-c4ccccc4)n3)c(-n3c4ccc(-c5ccccc5)cc4c4cc(-c5ccccc5)ccc43)c2)c(C(F)(F)F)c1. The van der Waals surface area contributed by atoms with E-state index in [2.05, 4.69) is 12.1 Å². The summed E-state index contributed by atoms with van der Waals surface area (Å²) in [6, 6.07) is 57.2. The van der Waals surface area contributed by atoms with Crippen molar-refractivity contribution in [1.82, 2.24) is 19.5 Å². The summed E-state index contributed by atoms with van der Waals surface area (Å²) < 4.78 is 88.0. The first-order valence-electron chi connectivity index (χ1n) is 20.0. The standard InChI is InChI=1S/C53H32F6N4/c54-52(55,56)40-24-26-41(45(32-40)53(57,58)59)39-21-25-42(51-61-49(35-17-9-3-10-18-35)60-50(62-51)36-19-11-4-12-20-36)48(31-39)63-46-27-22-37(33-13-5-1-6-14-33)29-43(46)44-30-38(23-28-47(44)63)34-15-7-2-8-16-34/h1-32H. The Morgan fingerprint density at radius 1 is 0.333 bits per heavy atom. The van der Waals surface area contributed by atoms with Crippen LogP contribution in [-0.4, -0.2) is 19.5 Å². The maximum atomic E-state index is 14.8. The van der Waals surface area contributed by atoms with Gasteiger partial charge in [0.25, 0.3) is 0 Å². The van der Waals surface area contributed by atoms with Crippen LogP contribution in [0.15, 0.2) is 194 Å². The highest BCUT2D eigenvalue weighted by molar-refractivity contribution is 6.12. The maximum absolute atomic E-state index is 14.8. The van der Waals surface area contributed by atoms with Crippen molar-refractivity contribution in [3.8, 4) is 73.2 Å². The number of aromatic nitrogens is 4. The van der Waals surface area contributed by atoms with Crippen LogP contribution < -0.4 is 0 Å². The maximum Gasteiger partial charge on any atom is 0.417 e. The second kappa shape index (κ2) is 15.6. The average Bonchev–Trinajstić information content (AvgIpc) is 3.64. The van der Waals surface area contributed by atoms with Gasteiger partial charge in [0, 0.05) is 27.5 Å². The van der Waals surface area contributed by atoms with Gasteiger partial charge < -0.3 is 4.57 Å². The first kappa shape index (κ1) is 39.3. The number of hydrogen-bond donors (Lipinski definition) is 0. The number of alkyl halides is 6. The summed E-state index contributed by atoms with van der Waals surface area (Å²) in [6.07, 6.45) is -10.1. The van der Waals surface area contributed by atoms with Crippen LogP contribution in [-0.2, 0) is 12.4 Å². The normalized spacial score (nSPS) is 12.0. The Balaban J connectivity index is 1.30. The highest BCUT2D eigenvalue weighted by Gasteiger charge is 2.38. The molecule has 10 rings (SSSR count). The molecule has 0 saturated carbocycles. The Morgan fingerprint density at radius 3 is 1.22 bits per heavy atom. The van der Waals surface area contributed by atoms with Crippen LogP contribution >= 0.6 is 0 Å². The fraction of sp³-hybridized carbons (Fsp3) is 0.0377. The molecule has 0 radical (unpaired) electrons.